The van der Waals surface area contributed by atoms with Crippen molar-refractivity contribution in [2.75, 3.05) is 0 Å². The molecule has 0 aliphatic heterocycles. The molecule has 0 spiro atoms. The highest BCUT2D eigenvalue weighted by Gasteiger charge is 2.23. The van der Waals surface area contributed by atoms with Crippen molar-refractivity contribution < 1.29 is 0 Å². The fraction of sp³-hybridized carbons (Fsp3) is 0.333. The van der Waals surface area contributed by atoms with Crippen LogP contribution in [-0.2, 0) is 0 Å². The van der Waals surface area contributed by atoms with Crippen LogP contribution >= 0.6 is 11.6 Å². The van der Waals surface area contributed by atoms with E-state index < -0.39 is 0 Å². The van der Waals surface area contributed by atoms with Crippen molar-refractivity contribution in [1.29, 1.82) is 0 Å². The molecule has 1 heterocycles. The molecule has 128 valence electrons. The first-order valence-corrected chi connectivity index (χ1v) is 9.31. The number of para-hydroxylation sites is 1. The molecular weight excluding hydrogens is 332 g/mol. The van der Waals surface area contributed by atoms with Gasteiger partial charge in [-0.15, -0.1) is 0 Å². The molecule has 1 saturated carbocycles. The molecule has 4 heteroatoms. The summed E-state index contributed by atoms with van der Waals surface area (Å²) in [6.45, 7) is 2.01. The first-order valence-electron chi connectivity index (χ1n) is 8.93. The number of nitrogens with zero attached hydrogens (tertiary/aromatic N) is 2. The monoisotopic (exact) mass is 352 g/mol. The van der Waals surface area contributed by atoms with Crippen molar-refractivity contribution in [1.82, 2.24) is 9.55 Å². The van der Waals surface area contributed by atoms with Gasteiger partial charge in [0.1, 0.15) is 5.82 Å². The number of aryl methyl sites for hydroxylation is 1. The topological polar surface area (TPSA) is 34.9 Å². The molecule has 0 unspecified atom stereocenters. The lowest BCUT2D eigenvalue weighted by atomic mass is 9.94. The van der Waals surface area contributed by atoms with Crippen molar-refractivity contribution in [3.8, 4) is 11.4 Å². The van der Waals surface area contributed by atoms with Crippen LogP contribution in [0.1, 0.15) is 43.7 Å². The summed E-state index contributed by atoms with van der Waals surface area (Å²) < 4.78 is 1.90. The van der Waals surface area contributed by atoms with Crippen LogP contribution < -0.4 is 5.56 Å². The summed E-state index contributed by atoms with van der Waals surface area (Å²) in [5.74, 6) is 0.695. The fourth-order valence-electron chi connectivity index (χ4n) is 3.82. The summed E-state index contributed by atoms with van der Waals surface area (Å²) in [4.78, 5) is 18.1. The molecule has 0 amide bonds. The van der Waals surface area contributed by atoms with Crippen molar-refractivity contribution in [3.63, 3.8) is 0 Å². The second-order valence-corrected chi connectivity index (χ2v) is 7.31. The Kier molecular flexibility index (Phi) is 4.34. The number of hydrogen-bond donors (Lipinski definition) is 0. The van der Waals surface area contributed by atoms with E-state index in [0.29, 0.717) is 16.2 Å². The van der Waals surface area contributed by atoms with E-state index in [1.54, 1.807) is 0 Å². The first kappa shape index (κ1) is 16.3. The molecule has 1 aromatic heterocycles. The molecule has 0 radical (unpaired) electrons. The van der Waals surface area contributed by atoms with Crippen LogP contribution in [0.5, 0.6) is 0 Å². The Morgan fingerprint density at radius 2 is 1.84 bits per heavy atom. The highest BCUT2D eigenvalue weighted by atomic mass is 35.5. The van der Waals surface area contributed by atoms with E-state index in [-0.39, 0.29) is 11.6 Å². The van der Waals surface area contributed by atoms with Gasteiger partial charge in [0.25, 0.3) is 5.56 Å². The molecule has 1 aliphatic carbocycles. The quantitative estimate of drug-likeness (QED) is 0.607. The minimum absolute atomic E-state index is 0.0455. The third kappa shape index (κ3) is 2.98. The second kappa shape index (κ2) is 6.64. The zero-order valence-corrected chi connectivity index (χ0v) is 15.1. The van der Waals surface area contributed by atoms with E-state index in [4.69, 9.17) is 16.6 Å². The zero-order valence-electron chi connectivity index (χ0n) is 14.3. The van der Waals surface area contributed by atoms with Crippen LogP contribution in [0.4, 0.5) is 0 Å². The van der Waals surface area contributed by atoms with Gasteiger partial charge in [0.15, 0.2) is 0 Å². The Hall–Kier alpha value is -2.13. The minimum atomic E-state index is 0.0455. The van der Waals surface area contributed by atoms with E-state index in [9.17, 15) is 4.79 Å². The number of hydrogen-bond acceptors (Lipinski definition) is 2. The number of aromatic nitrogens is 2. The van der Waals surface area contributed by atoms with Crippen molar-refractivity contribution in [2.24, 2.45) is 0 Å². The molecule has 1 aliphatic rings. The molecule has 3 nitrogen and oxygen atoms in total. The molecule has 2 aromatic carbocycles. The van der Waals surface area contributed by atoms with E-state index in [2.05, 4.69) is 0 Å². The van der Waals surface area contributed by atoms with Crippen molar-refractivity contribution in [2.45, 2.75) is 45.1 Å². The average molecular weight is 353 g/mol. The predicted octanol–water partition coefficient (Wildman–Crippen LogP) is 5.53. The van der Waals surface area contributed by atoms with Gasteiger partial charge in [-0.25, -0.2) is 4.98 Å². The first-order chi connectivity index (χ1) is 12.1. The van der Waals surface area contributed by atoms with E-state index >= 15 is 0 Å². The Labute approximate surface area is 152 Å². The number of halogens is 1. The lowest BCUT2D eigenvalue weighted by Crippen LogP contribution is -2.29. The fourth-order valence-corrected chi connectivity index (χ4v) is 4.13. The molecule has 0 bridgehead atoms. The van der Waals surface area contributed by atoms with E-state index in [1.165, 1.54) is 6.42 Å². The Morgan fingerprint density at radius 3 is 2.60 bits per heavy atom. The maximum atomic E-state index is 13.3. The highest BCUT2D eigenvalue weighted by Crippen LogP contribution is 2.34. The third-order valence-electron chi connectivity index (χ3n) is 5.11. The van der Waals surface area contributed by atoms with Gasteiger partial charge in [-0.2, -0.15) is 0 Å². The molecule has 25 heavy (non-hydrogen) atoms. The Morgan fingerprint density at radius 1 is 1.08 bits per heavy atom. The van der Waals surface area contributed by atoms with Crippen LogP contribution in [0.3, 0.4) is 0 Å². The van der Waals surface area contributed by atoms with Gasteiger partial charge in [-0.05, 0) is 49.6 Å². The molecule has 0 N–H and O–H groups in total. The third-order valence-corrected chi connectivity index (χ3v) is 5.43. The smallest absolute Gasteiger partial charge is 0.261 e. The van der Waals surface area contributed by atoms with Gasteiger partial charge >= 0.3 is 0 Å². The number of rotatable bonds is 2. The Balaban J connectivity index is 2.02. The number of fused-ring (bicyclic) bond motifs is 1. The van der Waals surface area contributed by atoms with Crippen LogP contribution in [0.25, 0.3) is 22.3 Å². The molecule has 0 saturated heterocycles. The van der Waals surface area contributed by atoms with Crippen molar-refractivity contribution in [3.05, 3.63) is 63.4 Å². The van der Waals surface area contributed by atoms with Gasteiger partial charge in [-0.1, -0.05) is 49.1 Å². The predicted molar refractivity (Wildman–Crippen MR) is 103 cm³/mol. The zero-order chi connectivity index (χ0) is 17.4. The minimum Gasteiger partial charge on any atom is -0.289 e. The second-order valence-electron chi connectivity index (χ2n) is 6.90. The lowest BCUT2D eigenvalue weighted by molar-refractivity contribution is 0.348. The summed E-state index contributed by atoms with van der Waals surface area (Å²) in [7, 11) is 0. The van der Waals surface area contributed by atoms with Crippen LogP contribution in [0.2, 0.25) is 5.02 Å². The summed E-state index contributed by atoms with van der Waals surface area (Å²) >= 11 is 6.52. The lowest BCUT2D eigenvalue weighted by Gasteiger charge is -2.26. The van der Waals surface area contributed by atoms with Gasteiger partial charge in [-0.3, -0.25) is 9.36 Å². The van der Waals surface area contributed by atoms with Gasteiger partial charge in [0, 0.05) is 11.6 Å². The maximum absolute atomic E-state index is 13.3. The highest BCUT2D eigenvalue weighted by molar-refractivity contribution is 6.33. The van der Waals surface area contributed by atoms with E-state index in [0.717, 1.165) is 42.3 Å². The van der Waals surface area contributed by atoms with Gasteiger partial charge < -0.3 is 0 Å². The summed E-state index contributed by atoms with van der Waals surface area (Å²) in [6.07, 6.45) is 5.61. The SMILES string of the molecule is Cc1ccc(-c2nc3ccccc3c(=O)n2C2CCCCC2)c(Cl)c1. The summed E-state index contributed by atoms with van der Waals surface area (Å²) in [5, 5.41) is 1.33. The molecule has 1 fully saturated rings. The normalized spacial score (nSPS) is 15.6. The van der Waals surface area contributed by atoms with Gasteiger partial charge in [0.2, 0.25) is 0 Å². The molecule has 0 atom stereocenters. The van der Waals surface area contributed by atoms with Crippen LogP contribution in [0.15, 0.2) is 47.3 Å². The molecule has 3 aromatic rings. The van der Waals surface area contributed by atoms with Crippen LogP contribution in [0, 0.1) is 6.92 Å². The number of benzene rings is 2. The molecule has 4 rings (SSSR count). The average Bonchev–Trinajstić information content (AvgIpc) is 2.62. The van der Waals surface area contributed by atoms with Gasteiger partial charge in [0.05, 0.1) is 15.9 Å². The standard InChI is InChI=1S/C21H21ClN2O/c1-14-11-12-16(18(22)13-14)20-23-19-10-6-5-9-17(19)21(25)24(20)15-7-3-2-4-8-15/h5-6,9-13,15H,2-4,7-8H2,1H3. The summed E-state index contributed by atoms with van der Waals surface area (Å²) in [5.41, 5.74) is 2.71. The Bertz CT molecular complexity index is 987. The van der Waals surface area contributed by atoms with Crippen molar-refractivity contribution >= 4 is 22.5 Å². The molecular formula is C21H21ClN2O. The van der Waals surface area contributed by atoms with Crippen LogP contribution in [-0.4, -0.2) is 9.55 Å². The maximum Gasteiger partial charge on any atom is 0.261 e. The summed E-state index contributed by atoms with van der Waals surface area (Å²) in [6, 6.07) is 13.7. The largest absolute Gasteiger partial charge is 0.289 e. The van der Waals surface area contributed by atoms with E-state index in [1.807, 2.05) is 54.0 Å².